The molecule has 0 aliphatic carbocycles. The molecule has 0 radical (unpaired) electrons. The van der Waals surface area contributed by atoms with E-state index in [2.05, 4.69) is 10.2 Å². The molecule has 0 aliphatic rings. The van der Waals surface area contributed by atoms with Crippen LogP contribution in [-0.4, -0.2) is 10.2 Å². The number of H-pyrrole nitrogens is 1. The minimum atomic E-state index is 0.450. The van der Waals surface area contributed by atoms with Gasteiger partial charge in [0.15, 0.2) is 0 Å². The van der Waals surface area contributed by atoms with Crippen LogP contribution in [0.15, 0.2) is 42.5 Å². The summed E-state index contributed by atoms with van der Waals surface area (Å²) in [6, 6.07) is 13.9. The highest BCUT2D eigenvalue weighted by atomic mass is 35.5. The zero-order valence-electron chi connectivity index (χ0n) is 9.65. The summed E-state index contributed by atoms with van der Waals surface area (Å²) >= 11 is 6.29. The predicted octanol–water partition coefficient (Wildman–Crippen LogP) is 3.34. The van der Waals surface area contributed by atoms with Crippen molar-refractivity contribution in [2.24, 2.45) is 5.73 Å². The fourth-order valence-corrected chi connectivity index (χ4v) is 2.40. The molecule has 0 unspecified atom stereocenters. The lowest BCUT2D eigenvalue weighted by atomic mass is 10.0. The van der Waals surface area contributed by atoms with Crippen LogP contribution in [0.1, 0.15) is 5.69 Å². The standard InChI is InChI=1S/C14H12ClN3/c15-12-6-2-4-9-3-1-5-11(14(9)12)13-7-10(8-16)17-18-13/h1-7H,8,16H2,(H,17,18). The molecular formula is C14H12ClN3. The maximum Gasteiger partial charge on any atom is 0.0930 e. The average Bonchev–Trinajstić information content (AvgIpc) is 2.87. The topological polar surface area (TPSA) is 54.7 Å². The molecule has 0 aliphatic heterocycles. The van der Waals surface area contributed by atoms with Gasteiger partial charge in [0.2, 0.25) is 0 Å². The highest BCUT2D eigenvalue weighted by Gasteiger charge is 2.09. The van der Waals surface area contributed by atoms with Gasteiger partial charge in [-0.15, -0.1) is 0 Å². The second-order valence-electron chi connectivity index (χ2n) is 4.13. The Kier molecular flexibility index (Phi) is 2.78. The third-order valence-electron chi connectivity index (χ3n) is 2.98. The van der Waals surface area contributed by atoms with Crippen LogP contribution < -0.4 is 5.73 Å². The van der Waals surface area contributed by atoms with Gasteiger partial charge >= 0.3 is 0 Å². The first-order valence-electron chi connectivity index (χ1n) is 5.71. The SMILES string of the molecule is NCc1cc(-c2cccc3cccc(Cl)c23)n[nH]1. The highest BCUT2D eigenvalue weighted by molar-refractivity contribution is 6.36. The number of nitrogens with zero attached hydrogens (tertiary/aromatic N) is 1. The average molecular weight is 258 g/mol. The monoisotopic (exact) mass is 257 g/mol. The Morgan fingerprint density at radius 2 is 1.94 bits per heavy atom. The number of fused-ring (bicyclic) bond motifs is 1. The van der Waals surface area contributed by atoms with E-state index in [1.165, 1.54) is 0 Å². The first-order chi connectivity index (χ1) is 8.79. The lowest BCUT2D eigenvalue weighted by Crippen LogP contribution is -1.95. The maximum atomic E-state index is 6.29. The summed E-state index contributed by atoms with van der Waals surface area (Å²) < 4.78 is 0. The first kappa shape index (κ1) is 11.3. The number of hydrogen-bond acceptors (Lipinski definition) is 2. The maximum absolute atomic E-state index is 6.29. The van der Waals surface area contributed by atoms with Gasteiger partial charge in [0.1, 0.15) is 0 Å². The van der Waals surface area contributed by atoms with Crippen molar-refractivity contribution < 1.29 is 0 Å². The van der Waals surface area contributed by atoms with Crippen molar-refractivity contribution in [1.29, 1.82) is 0 Å². The predicted molar refractivity (Wildman–Crippen MR) is 74.4 cm³/mol. The summed E-state index contributed by atoms with van der Waals surface area (Å²) in [6.45, 7) is 0.450. The molecule has 18 heavy (non-hydrogen) atoms. The molecule has 0 amide bonds. The van der Waals surface area contributed by atoms with Gasteiger partial charge in [-0.25, -0.2) is 0 Å². The van der Waals surface area contributed by atoms with Crippen LogP contribution in [0.2, 0.25) is 5.02 Å². The van der Waals surface area contributed by atoms with Crippen LogP contribution in [0.3, 0.4) is 0 Å². The zero-order chi connectivity index (χ0) is 12.5. The minimum absolute atomic E-state index is 0.450. The molecule has 0 bridgehead atoms. The molecule has 0 fully saturated rings. The van der Waals surface area contributed by atoms with E-state index in [1.807, 2.05) is 42.5 Å². The molecule has 2 aromatic carbocycles. The number of aromatic amines is 1. The van der Waals surface area contributed by atoms with Crippen molar-refractivity contribution in [1.82, 2.24) is 10.2 Å². The molecule has 90 valence electrons. The fraction of sp³-hybridized carbons (Fsp3) is 0.0714. The molecule has 3 nitrogen and oxygen atoms in total. The van der Waals surface area contributed by atoms with E-state index in [-0.39, 0.29) is 0 Å². The van der Waals surface area contributed by atoms with Crippen LogP contribution in [0.25, 0.3) is 22.0 Å². The molecule has 1 aromatic heterocycles. The van der Waals surface area contributed by atoms with E-state index < -0.39 is 0 Å². The summed E-state index contributed by atoms with van der Waals surface area (Å²) in [5.74, 6) is 0. The Balaban J connectivity index is 2.28. The number of nitrogens with two attached hydrogens (primary N) is 1. The number of aromatic nitrogens is 2. The molecule has 4 heteroatoms. The summed E-state index contributed by atoms with van der Waals surface area (Å²) in [5, 5.41) is 10.1. The van der Waals surface area contributed by atoms with Crippen molar-refractivity contribution in [3.63, 3.8) is 0 Å². The molecule has 0 atom stereocenters. The van der Waals surface area contributed by atoms with Crippen LogP contribution in [0.5, 0.6) is 0 Å². The van der Waals surface area contributed by atoms with Gasteiger partial charge in [-0.1, -0.05) is 41.9 Å². The minimum Gasteiger partial charge on any atom is -0.325 e. The van der Waals surface area contributed by atoms with Gasteiger partial charge in [-0.05, 0) is 17.5 Å². The second-order valence-corrected chi connectivity index (χ2v) is 4.53. The van der Waals surface area contributed by atoms with Gasteiger partial charge in [-0.3, -0.25) is 5.10 Å². The number of rotatable bonds is 2. The third-order valence-corrected chi connectivity index (χ3v) is 3.30. The lowest BCUT2D eigenvalue weighted by molar-refractivity contribution is 0.949. The molecule has 3 aromatic rings. The van der Waals surface area contributed by atoms with Crippen molar-refractivity contribution in [3.8, 4) is 11.3 Å². The van der Waals surface area contributed by atoms with E-state index in [4.69, 9.17) is 17.3 Å². The van der Waals surface area contributed by atoms with Gasteiger partial charge in [0.25, 0.3) is 0 Å². The third kappa shape index (κ3) is 1.78. The Hall–Kier alpha value is -1.84. The summed E-state index contributed by atoms with van der Waals surface area (Å²) in [5.41, 5.74) is 8.39. The molecule has 3 N–H and O–H groups in total. The molecule has 0 spiro atoms. The molecule has 1 heterocycles. The van der Waals surface area contributed by atoms with E-state index in [0.29, 0.717) is 6.54 Å². The Morgan fingerprint density at radius 1 is 1.17 bits per heavy atom. The highest BCUT2D eigenvalue weighted by Crippen LogP contribution is 2.32. The quantitative estimate of drug-likeness (QED) is 0.740. The second kappa shape index (κ2) is 4.44. The van der Waals surface area contributed by atoms with Crippen LogP contribution in [0.4, 0.5) is 0 Å². The molecule has 0 saturated heterocycles. The molecular weight excluding hydrogens is 246 g/mol. The van der Waals surface area contributed by atoms with Crippen molar-refractivity contribution in [3.05, 3.63) is 53.2 Å². The van der Waals surface area contributed by atoms with Crippen molar-refractivity contribution in [2.45, 2.75) is 6.54 Å². The van der Waals surface area contributed by atoms with Gasteiger partial charge < -0.3 is 5.73 Å². The summed E-state index contributed by atoms with van der Waals surface area (Å²) in [6.07, 6.45) is 0. The molecule has 3 rings (SSSR count). The van der Waals surface area contributed by atoms with Crippen LogP contribution in [0, 0.1) is 0 Å². The fourth-order valence-electron chi connectivity index (χ4n) is 2.11. The van der Waals surface area contributed by atoms with Crippen LogP contribution in [-0.2, 0) is 6.54 Å². The number of nitrogens with one attached hydrogen (secondary N) is 1. The van der Waals surface area contributed by atoms with E-state index in [1.54, 1.807) is 0 Å². The van der Waals surface area contributed by atoms with Crippen LogP contribution >= 0.6 is 11.6 Å². The zero-order valence-corrected chi connectivity index (χ0v) is 10.4. The Morgan fingerprint density at radius 3 is 2.67 bits per heavy atom. The Bertz CT molecular complexity index is 698. The normalized spacial score (nSPS) is 11.0. The number of halogens is 1. The summed E-state index contributed by atoms with van der Waals surface area (Å²) in [4.78, 5) is 0. The molecule has 0 saturated carbocycles. The Labute approximate surface area is 110 Å². The van der Waals surface area contributed by atoms with Crippen molar-refractivity contribution in [2.75, 3.05) is 0 Å². The summed E-state index contributed by atoms with van der Waals surface area (Å²) in [7, 11) is 0. The van der Waals surface area contributed by atoms with Gasteiger partial charge in [-0.2, -0.15) is 5.10 Å². The van der Waals surface area contributed by atoms with E-state index in [9.17, 15) is 0 Å². The number of hydrogen-bond donors (Lipinski definition) is 2. The van der Waals surface area contributed by atoms with Crippen molar-refractivity contribution >= 4 is 22.4 Å². The van der Waals surface area contributed by atoms with Gasteiger partial charge in [0.05, 0.1) is 5.69 Å². The smallest absolute Gasteiger partial charge is 0.0930 e. The largest absolute Gasteiger partial charge is 0.325 e. The van der Waals surface area contributed by atoms with E-state index in [0.717, 1.165) is 32.7 Å². The van der Waals surface area contributed by atoms with E-state index >= 15 is 0 Å². The van der Waals surface area contributed by atoms with Gasteiger partial charge in [0, 0.05) is 28.2 Å². The number of benzene rings is 2. The first-order valence-corrected chi connectivity index (χ1v) is 6.09. The lowest BCUT2D eigenvalue weighted by Gasteiger charge is -2.05.